The molecule has 0 saturated carbocycles. The van der Waals surface area contributed by atoms with Gasteiger partial charge in [-0.1, -0.05) is 0 Å². The number of aryl methyl sites for hydroxylation is 2. The van der Waals surface area contributed by atoms with Gasteiger partial charge in [-0.3, -0.25) is 19.2 Å². The van der Waals surface area contributed by atoms with E-state index >= 15 is 0 Å². The molecule has 0 spiro atoms. The van der Waals surface area contributed by atoms with Crippen LogP contribution in [0.15, 0.2) is 16.5 Å². The lowest BCUT2D eigenvalue weighted by atomic mass is 9.97. The summed E-state index contributed by atoms with van der Waals surface area (Å²) < 4.78 is 10.5. The van der Waals surface area contributed by atoms with Gasteiger partial charge in [0.1, 0.15) is 17.6 Å². The molecule has 9 heteroatoms. The summed E-state index contributed by atoms with van der Waals surface area (Å²) in [6.07, 6.45) is 0.949. The van der Waals surface area contributed by atoms with Gasteiger partial charge in [0.15, 0.2) is 0 Å². The smallest absolute Gasteiger partial charge is 0.306 e. The Kier molecular flexibility index (Phi) is 9.63. The largest absolute Gasteiger partial charge is 0.481 e. The van der Waals surface area contributed by atoms with Gasteiger partial charge in [-0.15, -0.1) is 0 Å². The van der Waals surface area contributed by atoms with Crippen LogP contribution in [0.2, 0.25) is 0 Å². The molecular formula is C18H24O9. The highest BCUT2D eigenvalue weighted by Gasteiger charge is 2.19. The van der Waals surface area contributed by atoms with E-state index in [4.69, 9.17) is 24.5 Å². The number of carbonyl (C=O) groups excluding carboxylic acids is 1. The molecular weight excluding hydrogens is 360 g/mol. The number of furan rings is 1. The molecule has 1 heterocycles. The van der Waals surface area contributed by atoms with Crippen molar-refractivity contribution in [1.29, 1.82) is 0 Å². The highest BCUT2D eigenvalue weighted by Crippen LogP contribution is 2.19. The predicted octanol–water partition coefficient (Wildman–Crippen LogP) is 2.12. The van der Waals surface area contributed by atoms with Crippen molar-refractivity contribution in [3.05, 3.63) is 23.7 Å². The van der Waals surface area contributed by atoms with Crippen LogP contribution < -0.4 is 0 Å². The van der Waals surface area contributed by atoms with Crippen molar-refractivity contribution in [3.63, 3.8) is 0 Å². The molecule has 1 aromatic heterocycles. The zero-order valence-corrected chi connectivity index (χ0v) is 14.8. The molecule has 0 aliphatic rings. The summed E-state index contributed by atoms with van der Waals surface area (Å²) >= 11 is 0. The lowest BCUT2D eigenvalue weighted by molar-refractivity contribution is -0.143. The van der Waals surface area contributed by atoms with Gasteiger partial charge in [0.05, 0.1) is 5.92 Å². The Bertz CT molecular complexity index is 635. The predicted molar refractivity (Wildman–Crippen MR) is 91.2 cm³/mol. The fraction of sp³-hybridized carbons (Fsp3) is 0.556. The molecule has 0 fully saturated rings. The minimum atomic E-state index is -1.03. The van der Waals surface area contributed by atoms with Crippen LogP contribution >= 0.6 is 0 Å². The highest BCUT2D eigenvalue weighted by atomic mass is 16.5. The molecule has 0 aliphatic heterocycles. The fourth-order valence-corrected chi connectivity index (χ4v) is 2.64. The monoisotopic (exact) mass is 384 g/mol. The molecule has 1 aromatic rings. The molecule has 0 aliphatic carbocycles. The molecule has 27 heavy (non-hydrogen) atoms. The zero-order chi connectivity index (χ0) is 20.2. The summed E-state index contributed by atoms with van der Waals surface area (Å²) in [6, 6.07) is 3.45. The van der Waals surface area contributed by atoms with Crippen LogP contribution in [-0.2, 0) is 36.8 Å². The molecule has 3 N–H and O–H groups in total. The Morgan fingerprint density at radius 2 is 1.48 bits per heavy atom. The van der Waals surface area contributed by atoms with E-state index in [1.807, 2.05) is 0 Å². The minimum Gasteiger partial charge on any atom is -0.481 e. The second-order valence-corrected chi connectivity index (χ2v) is 6.20. The van der Waals surface area contributed by atoms with Crippen LogP contribution in [0.4, 0.5) is 0 Å². The minimum absolute atomic E-state index is 0.0620. The Balaban J connectivity index is 2.48. The standard InChI is InChI=1S/C18H24O9/c19-11-26-13(8-10-17(22)23)4-5-15-7-6-14(27-15)3-1-12(18(24)25)2-9-16(20)21/h6-7,11-13H,1-5,8-10H2,(H,20,21)(H,22,23)(H,24,25). The van der Waals surface area contributed by atoms with Crippen LogP contribution in [0.5, 0.6) is 0 Å². The van der Waals surface area contributed by atoms with Gasteiger partial charge in [0.25, 0.3) is 6.47 Å². The van der Waals surface area contributed by atoms with Gasteiger partial charge >= 0.3 is 17.9 Å². The zero-order valence-electron chi connectivity index (χ0n) is 14.8. The van der Waals surface area contributed by atoms with E-state index in [9.17, 15) is 19.2 Å². The molecule has 2 unspecified atom stereocenters. The van der Waals surface area contributed by atoms with Gasteiger partial charge in [0.2, 0.25) is 0 Å². The Morgan fingerprint density at radius 3 is 2.00 bits per heavy atom. The van der Waals surface area contributed by atoms with Crippen molar-refractivity contribution < 1.29 is 43.7 Å². The summed E-state index contributed by atoms with van der Waals surface area (Å²) in [4.78, 5) is 42.9. The van der Waals surface area contributed by atoms with E-state index in [2.05, 4.69) is 0 Å². The lowest BCUT2D eigenvalue weighted by Gasteiger charge is -2.13. The van der Waals surface area contributed by atoms with Crippen molar-refractivity contribution in [2.75, 3.05) is 0 Å². The Morgan fingerprint density at radius 1 is 0.926 bits per heavy atom. The van der Waals surface area contributed by atoms with Crippen molar-refractivity contribution in [2.24, 2.45) is 5.92 Å². The van der Waals surface area contributed by atoms with Crippen molar-refractivity contribution in [2.45, 2.75) is 57.5 Å². The number of aliphatic carboxylic acids is 3. The summed E-state index contributed by atoms with van der Waals surface area (Å²) in [5.41, 5.74) is 0. The van der Waals surface area contributed by atoms with Crippen LogP contribution in [0.1, 0.15) is 50.0 Å². The number of rotatable bonds is 15. The summed E-state index contributed by atoms with van der Waals surface area (Å²) in [5.74, 6) is -2.57. The number of carboxylic acid groups (broad SMARTS) is 3. The first-order valence-corrected chi connectivity index (χ1v) is 8.65. The molecule has 0 amide bonds. The van der Waals surface area contributed by atoms with Gasteiger partial charge in [0, 0.05) is 25.7 Å². The SMILES string of the molecule is O=COC(CCC(=O)O)CCc1ccc(CCC(CCC(=O)O)C(=O)O)o1. The third-order valence-electron chi connectivity index (χ3n) is 4.15. The molecule has 150 valence electrons. The van der Waals surface area contributed by atoms with E-state index in [-0.39, 0.29) is 32.1 Å². The third-order valence-corrected chi connectivity index (χ3v) is 4.15. The Hall–Kier alpha value is -2.84. The maximum atomic E-state index is 11.2. The fourth-order valence-electron chi connectivity index (χ4n) is 2.64. The summed E-state index contributed by atoms with van der Waals surface area (Å²) in [5, 5.41) is 26.5. The van der Waals surface area contributed by atoms with E-state index in [0.29, 0.717) is 37.3 Å². The van der Waals surface area contributed by atoms with Crippen LogP contribution in [0.25, 0.3) is 0 Å². The number of carbonyl (C=O) groups is 4. The van der Waals surface area contributed by atoms with E-state index in [1.165, 1.54) is 0 Å². The quantitative estimate of drug-likeness (QED) is 0.386. The molecule has 0 bridgehead atoms. The maximum absolute atomic E-state index is 11.2. The van der Waals surface area contributed by atoms with Gasteiger partial charge in [-0.05, 0) is 37.8 Å². The summed E-state index contributed by atoms with van der Waals surface area (Å²) in [7, 11) is 0. The topological polar surface area (TPSA) is 151 Å². The second kappa shape index (κ2) is 11.7. The first-order valence-electron chi connectivity index (χ1n) is 8.65. The van der Waals surface area contributed by atoms with E-state index in [1.54, 1.807) is 12.1 Å². The van der Waals surface area contributed by atoms with Crippen molar-refractivity contribution in [3.8, 4) is 0 Å². The maximum Gasteiger partial charge on any atom is 0.306 e. The second-order valence-electron chi connectivity index (χ2n) is 6.20. The third kappa shape index (κ3) is 9.43. The Labute approximate surface area is 155 Å². The molecule has 0 saturated heterocycles. The summed E-state index contributed by atoms with van der Waals surface area (Å²) in [6.45, 7) is 0.295. The van der Waals surface area contributed by atoms with E-state index < -0.39 is 29.9 Å². The number of ether oxygens (including phenoxy) is 1. The first kappa shape index (κ1) is 22.2. The molecule has 0 radical (unpaired) electrons. The van der Waals surface area contributed by atoms with Gasteiger partial charge < -0.3 is 24.5 Å². The van der Waals surface area contributed by atoms with Crippen molar-refractivity contribution >= 4 is 24.4 Å². The van der Waals surface area contributed by atoms with Crippen LogP contribution in [0, 0.1) is 5.92 Å². The average Bonchev–Trinajstić information content (AvgIpc) is 3.04. The number of hydrogen-bond acceptors (Lipinski definition) is 6. The molecule has 0 aromatic carbocycles. The van der Waals surface area contributed by atoms with Crippen LogP contribution in [-0.4, -0.2) is 45.8 Å². The lowest BCUT2D eigenvalue weighted by Crippen LogP contribution is -2.16. The molecule has 9 nitrogen and oxygen atoms in total. The first-order chi connectivity index (χ1) is 12.8. The van der Waals surface area contributed by atoms with Crippen LogP contribution in [0.3, 0.4) is 0 Å². The van der Waals surface area contributed by atoms with Gasteiger partial charge in [-0.2, -0.15) is 0 Å². The normalized spacial score (nSPS) is 12.9. The molecule has 2 atom stereocenters. The average molecular weight is 384 g/mol. The van der Waals surface area contributed by atoms with Gasteiger partial charge in [-0.25, -0.2) is 0 Å². The number of carboxylic acids is 3. The van der Waals surface area contributed by atoms with E-state index in [0.717, 1.165) is 0 Å². The highest BCUT2D eigenvalue weighted by molar-refractivity contribution is 5.72. The van der Waals surface area contributed by atoms with Crippen molar-refractivity contribution in [1.82, 2.24) is 0 Å². The molecule has 1 rings (SSSR count). The number of hydrogen-bond donors (Lipinski definition) is 3.